The molecule has 98 valence electrons. The predicted octanol–water partition coefficient (Wildman–Crippen LogP) is 1.22. The molecule has 0 unspecified atom stereocenters. The van der Waals surface area contributed by atoms with E-state index in [1.807, 2.05) is 6.92 Å². The van der Waals surface area contributed by atoms with E-state index in [-0.39, 0.29) is 11.9 Å². The van der Waals surface area contributed by atoms with Crippen LogP contribution in [0.1, 0.15) is 17.3 Å². The first-order valence-corrected chi connectivity index (χ1v) is 5.94. The summed E-state index contributed by atoms with van der Waals surface area (Å²) < 4.78 is 15.6. The van der Waals surface area contributed by atoms with Crippen molar-refractivity contribution in [3.63, 3.8) is 0 Å². The van der Waals surface area contributed by atoms with Gasteiger partial charge in [-0.3, -0.25) is 4.79 Å². The number of carbonyl (C=O) groups excluding carboxylic acids is 1. The molecule has 0 bridgehead atoms. The Morgan fingerprint density at radius 1 is 1.44 bits per heavy atom. The minimum Gasteiger partial charge on any atom is -0.493 e. The van der Waals surface area contributed by atoms with E-state index in [9.17, 15) is 4.79 Å². The van der Waals surface area contributed by atoms with Crippen molar-refractivity contribution in [1.82, 2.24) is 5.32 Å². The van der Waals surface area contributed by atoms with Crippen LogP contribution in [0.15, 0.2) is 18.2 Å². The summed E-state index contributed by atoms with van der Waals surface area (Å²) in [4.78, 5) is 11.9. The summed E-state index contributed by atoms with van der Waals surface area (Å²) in [6.45, 7) is 3.62. The molecule has 1 saturated heterocycles. The van der Waals surface area contributed by atoms with E-state index in [2.05, 4.69) is 5.32 Å². The minimum atomic E-state index is -0.121. The number of rotatable bonds is 5. The minimum absolute atomic E-state index is 0.120. The average Bonchev–Trinajstić information content (AvgIpc) is 2.34. The molecule has 1 amide bonds. The molecule has 1 heterocycles. The first-order chi connectivity index (χ1) is 8.74. The summed E-state index contributed by atoms with van der Waals surface area (Å²) in [5.41, 5.74) is 0.558. The second-order valence-corrected chi connectivity index (χ2v) is 4.01. The second-order valence-electron chi connectivity index (χ2n) is 4.01. The van der Waals surface area contributed by atoms with Crippen molar-refractivity contribution in [3.8, 4) is 11.5 Å². The largest absolute Gasteiger partial charge is 0.493 e. The molecular formula is C13H17NO4. The van der Waals surface area contributed by atoms with Gasteiger partial charge in [0.2, 0.25) is 0 Å². The van der Waals surface area contributed by atoms with Crippen molar-refractivity contribution in [1.29, 1.82) is 0 Å². The molecular weight excluding hydrogens is 234 g/mol. The Balaban J connectivity index is 2.10. The monoisotopic (exact) mass is 251 g/mol. The Hall–Kier alpha value is -1.75. The van der Waals surface area contributed by atoms with Crippen molar-refractivity contribution in [3.05, 3.63) is 23.8 Å². The predicted molar refractivity (Wildman–Crippen MR) is 66.2 cm³/mol. The maximum atomic E-state index is 11.9. The molecule has 1 aliphatic heterocycles. The molecule has 0 aliphatic carbocycles. The number of ether oxygens (including phenoxy) is 3. The van der Waals surface area contributed by atoms with Gasteiger partial charge in [0.1, 0.15) is 0 Å². The lowest BCUT2D eigenvalue weighted by atomic mass is 10.1. The zero-order valence-electron chi connectivity index (χ0n) is 10.6. The summed E-state index contributed by atoms with van der Waals surface area (Å²) >= 11 is 0. The third-order valence-electron chi connectivity index (χ3n) is 2.70. The van der Waals surface area contributed by atoms with Crippen LogP contribution in [0.2, 0.25) is 0 Å². The van der Waals surface area contributed by atoms with Gasteiger partial charge >= 0.3 is 0 Å². The Morgan fingerprint density at radius 2 is 2.22 bits per heavy atom. The van der Waals surface area contributed by atoms with Gasteiger partial charge < -0.3 is 19.5 Å². The lowest BCUT2D eigenvalue weighted by Crippen LogP contribution is -2.48. The number of hydrogen-bond acceptors (Lipinski definition) is 4. The maximum absolute atomic E-state index is 11.9. The van der Waals surface area contributed by atoms with E-state index in [1.165, 1.54) is 0 Å². The van der Waals surface area contributed by atoms with Crippen LogP contribution >= 0.6 is 0 Å². The number of benzene rings is 1. The van der Waals surface area contributed by atoms with E-state index in [0.717, 1.165) is 0 Å². The van der Waals surface area contributed by atoms with E-state index in [4.69, 9.17) is 14.2 Å². The van der Waals surface area contributed by atoms with Gasteiger partial charge in [-0.15, -0.1) is 0 Å². The Morgan fingerprint density at radius 3 is 2.78 bits per heavy atom. The average molecular weight is 251 g/mol. The number of hydrogen-bond donors (Lipinski definition) is 1. The molecule has 0 spiro atoms. The summed E-state index contributed by atoms with van der Waals surface area (Å²) in [5.74, 6) is 1.09. The third-order valence-corrected chi connectivity index (χ3v) is 2.70. The van der Waals surface area contributed by atoms with Crippen LogP contribution < -0.4 is 14.8 Å². The molecule has 1 fully saturated rings. The number of methoxy groups -OCH3 is 1. The van der Waals surface area contributed by atoms with E-state index in [1.54, 1.807) is 25.3 Å². The van der Waals surface area contributed by atoms with Crippen LogP contribution in [-0.4, -0.2) is 38.9 Å². The molecule has 5 nitrogen and oxygen atoms in total. The first kappa shape index (κ1) is 12.7. The summed E-state index contributed by atoms with van der Waals surface area (Å²) in [7, 11) is 1.55. The molecule has 1 aromatic rings. The van der Waals surface area contributed by atoms with Gasteiger partial charge in [0.15, 0.2) is 11.5 Å². The molecule has 0 atom stereocenters. The highest BCUT2D eigenvalue weighted by atomic mass is 16.5. The number of amides is 1. The van der Waals surface area contributed by atoms with Gasteiger partial charge in [-0.1, -0.05) is 0 Å². The van der Waals surface area contributed by atoms with Crippen molar-refractivity contribution < 1.29 is 19.0 Å². The quantitative estimate of drug-likeness (QED) is 0.855. The molecule has 1 aliphatic rings. The molecule has 18 heavy (non-hydrogen) atoms. The van der Waals surface area contributed by atoms with Gasteiger partial charge in [-0.25, -0.2) is 0 Å². The molecule has 0 aromatic heterocycles. The highest BCUT2D eigenvalue weighted by molar-refractivity contribution is 5.95. The van der Waals surface area contributed by atoms with Crippen LogP contribution in [0.3, 0.4) is 0 Å². The summed E-state index contributed by atoms with van der Waals surface area (Å²) in [5, 5.41) is 2.88. The molecule has 1 N–H and O–H groups in total. The summed E-state index contributed by atoms with van der Waals surface area (Å²) in [6.07, 6.45) is 0. The fourth-order valence-electron chi connectivity index (χ4n) is 1.67. The molecule has 2 rings (SSSR count). The van der Waals surface area contributed by atoms with Crippen LogP contribution in [0.5, 0.6) is 11.5 Å². The zero-order valence-corrected chi connectivity index (χ0v) is 10.6. The van der Waals surface area contributed by atoms with E-state index < -0.39 is 0 Å². The lowest BCUT2D eigenvalue weighted by molar-refractivity contribution is -0.00346. The maximum Gasteiger partial charge on any atom is 0.251 e. The highest BCUT2D eigenvalue weighted by Gasteiger charge is 2.21. The first-order valence-electron chi connectivity index (χ1n) is 5.94. The number of nitrogens with one attached hydrogen (secondary N) is 1. The van der Waals surface area contributed by atoms with Crippen molar-refractivity contribution in [2.24, 2.45) is 0 Å². The van der Waals surface area contributed by atoms with Gasteiger partial charge in [0, 0.05) is 5.56 Å². The standard InChI is InChI=1S/C13H17NO4/c1-3-18-11-5-4-9(6-12(11)16-2)13(15)14-10-7-17-8-10/h4-6,10H,3,7-8H2,1-2H3,(H,14,15). The molecule has 0 saturated carbocycles. The van der Waals surface area contributed by atoms with Crippen molar-refractivity contribution >= 4 is 5.91 Å². The van der Waals surface area contributed by atoms with Crippen LogP contribution in [0.4, 0.5) is 0 Å². The molecule has 0 radical (unpaired) electrons. The third kappa shape index (κ3) is 2.73. The Bertz CT molecular complexity index is 429. The fraction of sp³-hybridized carbons (Fsp3) is 0.462. The van der Waals surface area contributed by atoms with Crippen molar-refractivity contribution in [2.75, 3.05) is 26.9 Å². The zero-order chi connectivity index (χ0) is 13.0. The van der Waals surface area contributed by atoms with Gasteiger partial charge in [0.25, 0.3) is 5.91 Å². The topological polar surface area (TPSA) is 56.8 Å². The fourth-order valence-corrected chi connectivity index (χ4v) is 1.67. The van der Waals surface area contributed by atoms with E-state index in [0.29, 0.717) is 36.9 Å². The van der Waals surface area contributed by atoms with E-state index >= 15 is 0 Å². The smallest absolute Gasteiger partial charge is 0.251 e. The highest BCUT2D eigenvalue weighted by Crippen LogP contribution is 2.28. The summed E-state index contributed by atoms with van der Waals surface area (Å²) in [6, 6.07) is 5.27. The van der Waals surface area contributed by atoms with Crippen molar-refractivity contribution in [2.45, 2.75) is 13.0 Å². The van der Waals surface area contributed by atoms with Gasteiger partial charge in [0.05, 0.1) is 33.0 Å². The second kappa shape index (κ2) is 5.73. The molecule has 1 aromatic carbocycles. The normalized spacial score (nSPS) is 14.8. The van der Waals surface area contributed by atoms with Crippen LogP contribution in [0.25, 0.3) is 0 Å². The lowest BCUT2D eigenvalue weighted by Gasteiger charge is -2.26. The SMILES string of the molecule is CCOc1ccc(C(=O)NC2COC2)cc1OC. The van der Waals surface area contributed by atoms with Gasteiger partial charge in [-0.05, 0) is 25.1 Å². The van der Waals surface area contributed by atoms with Crippen LogP contribution in [-0.2, 0) is 4.74 Å². The Labute approximate surface area is 106 Å². The number of carbonyl (C=O) groups is 1. The Kier molecular flexibility index (Phi) is 4.04. The van der Waals surface area contributed by atoms with Gasteiger partial charge in [-0.2, -0.15) is 0 Å². The molecule has 5 heteroatoms. The van der Waals surface area contributed by atoms with Crippen LogP contribution in [0, 0.1) is 0 Å².